The predicted molar refractivity (Wildman–Crippen MR) is 89.5 cm³/mol. The molecule has 0 aromatic heterocycles. The van der Waals surface area contributed by atoms with Gasteiger partial charge in [-0.25, -0.2) is 12.1 Å². The van der Waals surface area contributed by atoms with Gasteiger partial charge in [0.05, 0.1) is 0 Å². The monoisotopic (exact) mass is 284 g/mol. The second kappa shape index (κ2) is 7.72. The third-order valence-electron chi connectivity index (χ3n) is 3.63. The molecule has 100 valence electrons. The molecule has 0 aliphatic carbocycles. The van der Waals surface area contributed by atoms with E-state index in [9.17, 15) is 0 Å². The Bertz CT molecular complexity index is 592. The van der Waals surface area contributed by atoms with Crippen LogP contribution in [0.4, 0.5) is 0 Å². The van der Waals surface area contributed by atoms with E-state index in [1.54, 1.807) is 0 Å². The van der Waals surface area contributed by atoms with Gasteiger partial charge in [-0.2, -0.15) is 12.1 Å². The molecule has 0 aliphatic heterocycles. The second-order valence-corrected chi connectivity index (χ2v) is 7.48. The maximum atomic E-state index is 2.35. The summed E-state index contributed by atoms with van der Waals surface area (Å²) in [6.45, 7) is 2.35. The molecule has 0 radical (unpaired) electrons. The molecule has 0 amide bonds. The Morgan fingerprint density at radius 1 is 0.714 bits per heavy atom. The summed E-state index contributed by atoms with van der Waals surface area (Å²) in [4.78, 5) is 0. The summed E-state index contributed by atoms with van der Waals surface area (Å²) < 4.78 is 0. The zero-order valence-corrected chi connectivity index (χ0v) is 13.5. The topological polar surface area (TPSA) is 0 Å². The van der Waals surface area contributed by atoms with Crippen molar-refractivity contribution in [2.24, 2.45) is 0 Å². The number of benzene rings is 2. The molecular formula is C19H18LiP. The molecule has 0 bridgehead atoms. The van der Waals surface area contributed by atoms with Crippen molar-refractivity contribution in [1.82, 2.24) is 0 Å². The van der Waals surface area contributed by atoms with Crippen molar-refractivity contribution in [2.45, 2.75) is 12.6 Å². The van der Waals surface area contributed by atoms with Gasteiger partial charge in [0.15, 0.2) is 0 Å². The van der Waals surface area contributed by atoms with E-state index in [1.807, 2.05) is 0 Å². The third-order valence-corrected chi connectivity index (χ3v) is 6.41. The molecule has 0 heterocycles. The van der Waals surface area contributed by atoms with Crippen LogP contribution in [0.3, 0.4) is 0 Å². The molecular weight excluding hydrogens is 266 g/mol. The zero-order valence-electron chi connectivity index (χ0n) is 12.6. The Labute approximate surface area is 140 Å². The minimum absolute atomic E-state index is 0. The van der Waals surface area contributed by atoms with Crippen LogP contribution in [-0.2, 0) is 0 Å². The minimum Gasteiger partial charge on any atom is -0.213 e. The molecule has 0 saturated carbocycles. The summed E-state index contributed by atoms with van der Waals surface area (Å²) in [5, 5.41) is 2.89. The van der Waals surface area contributed by atoms with Crippen molar-refractivity contribution in [3.63, 3.8) is 0 Å². The molecule has 0 nitrogen and oxygen atoms in total. The van der Waals surface area contributed by atoms with Crippen LogP contribution in [0, 0.1) is 0 Å². The van der Waals surface area contributed by atoms with Crippen LogP contribution in [-0.4, -0.2) is 0 Å². The molecule has 0 fully saturated rings. The fourth-order valence-electron chi connectivity index (χ4n) is 2.59. The summed E-state index contributed by atoms with van der Waals surface area (Å²) in [5.74, 6) is 0. The number of hydrogen-bond acceptors (Lipinski definition) is 0. The van der Waals surface area contributed by atoms with Crippen LogP contribution < -0.4 is 29.5 Å². The Balaban J connectivity index is 0.00000161. The van der Waals surface area contributed by atoms with Crippen molar-refractivity contribution in [2.75, 3.05) is 0 Å². The van der Waals surface area contributed by atoms with Crippen molar-refractivity contribution >= 4 is 18.5 Å². The largest absolute Gasteiger partial charge is 1.00 e. The van der Waals surface area contributed by atoms with Crippen LogP contribution >= 0.6 is 7.92 Å². The Morgan fingerprint density at radius 2 is 1.14 bits per heavy atom. The molecule has 2 heteroatoms. The zero-order chi connectivity index (χ0) is 13.8. The van der Waals surface area contributed by atoms with E-state index < -0.39 is 0 Å². The molecule has 3 aromatic carbocycles. The van der Waals surface area contributed by atoms with E-state index >= 15 is 0 Å². The third kappa shape index (κ3) is 3.72. The smallest absolute Gasteiger partial charge is 0.213 e. The van der Waals surface area contributed by atoms with Gasteiger partial charge in [-0.05, 0) is 24.2 Å². The van der Waals surface area contributed by atoms with Gasteiger partial charge in [0.2, 0.25) is 0 Å². The molecule has 1 unspecified atom stereocenters. The maximum Gasteiger partial charge on any atom is 1.00 e. The van der Waals surface area contributed by atoms with Crippen molar-refractivity contribution in [3.8, 4) is 0 Å². The van der Waals surface area contributed by atoms with E-state index in [4.69, 9.17) is 0 Å². The van der Waals surface area contributed by atoms with E-state index in [-0.39, 0.29) is 26.8 Å². The van der Waals surface area contributed by atoms with E-state index in [0.29, 0.717) is 5.66 Å². The van der Waals surface area contributed by atoms with Crippen molar-refractivity contribution in [3.05, 3.63) is 90.5 Å². The van der Waals surface area contributed by atoms with Crippen molar-refractivity contribution < 1.29 is 18.9 Å². The molecule has 0 saturated heterocycles. The standard InChI is InChI=1S/C19H18P.Li/c1-16(17-10-8-9-11-17)20(18-12-4-2-5-13-18)19-14-6-3-7-15-19;/h2-16H,1H3;/q-1;+1. The molecule has 3 rings (SSSR count). The molecule has 1 atom stereocenters. The van der Waals surface area contributed by atoms with Gasteiger partial charge < -0.3 is 0 Å². The average molecular weight is 284 g/mol. The second-order valence-electron chi connectivity index (χ2n) is 4.94. The van der Waals surface area contributed by atoms with Gasteiger partial charge in [-0.1, -0.05) is 67.6 Å². The van der Waals surface area contributed by atoms with E-state index in [1.165, 1.54) is 16.2 Å². The molecule has 0 N–H and O–H groups in total. The van der Waals surface area contributed by atoms with E-state index in [2.05, 4.69) is 91.9 Å². The molecule has 21 heavy (non-hydrogen) atoms. The fourth-order valence-corrected chi connectivity index (χ4v) is 5.24. The van der Waals surface area contributed by atoms with Crippen LogP contribution in [0.15, 0.2) is 84.9 Å². The van der Waals surface area contributed by atoms with Crippen molar-refractivity contribution in [1.29, 1.82) is 0 Å². The molecule has 0 aliphatic rings. The van der Waals surface area contributed by atoms with Gasteiger partial charge in [-0.3, -0.25) is 0 Å². The summed E-state index contributed by atoms with van der Waals surface area (Å²) in [7, 11) is -0.363. The summed E-state index contributed by atoms with van der Waals surface area (Å²) in [6, 6.07) is 30.6. The number of rotatable bonds is 4. The van der Waals surface area contributed by atoms with Gasteiger partial charge >= 0.3 is 18.9 Å². The Kier molecular flexibility index (Phi) is 5.95. The number of hydrogen-bond donors (Lipinski definition) is 0. The van der Waals surface area contributed by atoms with Crippen LogP contribution in [0.25, 0.3) is 0 Å². The minimum atomic E-state index is -0.363. The maximum absolute atomic E-state index is 2.35. The molecule has 0 spiro atoms. The first kappa shape index (κ1) is 16.2. The normalized spacial score (nSPS) is 11.9. The fraction of sp³-hybridized carbons (Fsp3) is 0.105. The molecule has 3 aromatic rings. The Hall–Kier alpha value is -1.18. The van der Waals surface area contributed by atoms with Crippen LogP contribution in [0.5, 0.6) is 0 Å². The SMILES string of the molecule is CC([c-]1cccc1)P(c1ccccc1)c1ccccc1.[Li+]. The Morgan fingerprint density at radius 3 is 1.57 bits per heavy atom. The van der Waals surface area contributed by atoms with Crippen LogP contribution in [0.2, 0.25) is 0 Å². The first-order valence-electron chi connectivity index (χ1n) is 6.97. The van der Waals surface area contributed by atoms with Gasteiger partial charge in [0.1, 0.15) is 0 Å². The average Bonchev–Trinajstić information content (AvgIpc) is 3.04. The summed E-state index contributed by atoms with van der Waals surface area (Å²) in [5.41, 5.74) is 1.97. The first-order valence-corrected chi connectivity index (χ1v) is 8.38. The predicted octanol–water partition coefficient (Wildman–Crippen LogP) is 1.60. The van der Waals surface area contributed by atoms with Gasteiger partial charge in [0.25, 0.3) is 0 Å². The quantitative estimate of drug-likeness (QED) is 0.388. The van der Waals surface area contributed by atoms with Gasteiger partial charge in [0, 0.05) is 0 Å². The van der Waals surface area contributed by atoms with Gasteiger partial charge in [-0.15, -0.1) is 5.56 Å². The summed E-state index contributed by atoms with van der Waals surface area (Å²) in [6.07, 6.45) is 0. The van der Waals surface area contributed by atoms with Crippen LogP contribution in [0.1, 0.15) is 18.1 Å². The van der Waals surface area contributed by atoms with E-state index in [0.717, 1.165) is 0 Å². The first-order chi connectivity index (χ1) is 9.86. The summed E-state index contributed by atoms with van der Waals surface area (Å²) >= 11 is 0.